The van der Waals surface area contributed by atoms with Gasteiger partial charge >= 0.3 is 0 Å². The van der Waals surface area contributed by atoms with Gasteiger partial charge in [0, 0.05) is 50.2 Å². The zero-order chi connectivity index (χ0) is 47.9. The highest BCUT2D eigenvalue weighted by Crippen LogP contribution is 2.45. The third-order valence-corrected chi connectivity index (χ3v) is 15.1. The van der Waals surface area contributed by atoms with E-state index in [2.05, 4.69) is 281 Å². The molecule has 0 radical (unpaired) electrons. The molecule has 10 aromatic rings. The van der Waals surface area contributed by atoms with Crippen molar-refractivity contribution in [3.63, 3.8) is 0 Å². The van der Waals surface area contributed by atoms with Crippen molar-refractivity contribution < 1.29 is 0 Å². The van der Waals surface area contributed by atoms with Crippen LogP contribution in [0.15, 0.2) is 224 Å². The molecule has 0 saturated heterocycles. The van der Waals surface area contributed by atoms with Gasteiger partial charge in [-0.3, -0.25) is 0 Å². The maximum Gasteiger partial charge on any atom is 0.247 e. The Kier molecular flexibility index (Phi) is 12.2. The monoisotopic (exact) mass is 923 g/mol. The number of rotatable bonds is 12. The van der Waals surface area contributed by atoms with E-state index in [9.17, 15) is 0 Å². The van der Waals surface area contributed by atoms with Crippen LogP contribution in [0.1, 0.15) is 76.0 Å². The second kappa shape index (κ2) is 19.1. The third kappa shape index (κ3) is 8.39. The summed E-state index contributed by atoms with van der Waals surface area (Å²) < 4.78 is 1.26. The summed E-state index contributed by atoms with van der Waals surface area (Å²) in [6.07, 6.45) is 0. The van der Waals surface area contributed by atoms with Crippen LogP contribution >= 0.6 is 11.3 Å². The van der Waals surface area contributed by atoms with Gasteiger partial charge in [-0.1, -0.05) is 174 Å². The molecule has 0 N–H and O–H groups in total. The predicted octanol–water partition coefficient (Wildman–Crippen LogP) is 17.2. The number of thiophene rings is 1. The van der Waals surface area contributed by atoms with Crippen LogP contribution in [-0.4, -0.2) is 6.71 Å². The first-order chi connectivity index (χ1) is 34.2. The molecular formula is C65H58BN3S. The zero-order valence-electron chi connectivity index (χ0n) is 40.9. The van der Waals surface area contributed by atoms with E-state index in [1.54, 1.807) is 0 Å². The highest BCUT2D eigenvalue weighted by atomic mass is 32.1. The topological polar surface area (TPSA) is 9.72 Å². The van der Waals surface area contributed by atoms with E-state index in [4.69, 9.17) is 0 Å². The van der Waals surface area contributed by atoms with Crippen molar-refractivity contribution in [2.45, 2.75) is 59.3 Å². The molecule has 0 amide bonds. The van der Waals surface area contributed by atoms with Gasteiger partial charge in [-0.05, 0) is 159 Å². The molecule has 0 fully saturated rings. The predicted molar refractivity (Wildman–Crippen MR) is 305 cm³/mol. The summed E-state index contributed by atoms with van der Waals surface area (Å²) in [7, 11) is 0. The number of hydrogen-bond acceptors (Lipinski definition) is 4. The van der Waals surface area contributed by atoms with Gasteiger partial charge in [0.15, 0.2) is 0 Å². The number of para-hydroxylation sites is 5. The number of anilines is 9. The lowest BCUT2D eigenvalue weighted by molar-refractivity contribution is 0.812. The van der Waals surface area contributed by atoms with Crippen molar-refractivity contribution in [3.05, 3.63) is 241 Å². The molecule has 5 heteroatoms. The van der Waals surface area contributed by atoms with E-state index in [0.717, 1.165) is 34.1 Å². The van der Waals surface area contributed by atoms with Crippen LogP contribution in [-0.2, 0) is 0 Å². The second-order valence-corrected chi connectivity index (χ2v) is 20.6. The average Bonchev–Trinajstić information content (AvgIpc) is 3.82. The van der Waals surface area contributed by atoms with Crippen LogP contribution in [0.4, 0.5) is 50.5 Å². The minimum Gasteiger partial charge on any atom is -0.311 e. The summed E-state index contributed by atoms with van der Waals surface area (Å²) in [5, 5.41) is 2.42. The maximum absolute atomic E-state index is 2.54. The lowest BCUT2D eigenvalue weighted by Gasteiger charge is -2.40. The van der Waals surface area contributed by atoms with Crippen molar-refractivity contribution in [3.8, 4) is 11.1 Å². The molecule has 2 heterocycles. The fraction of sp³-hybridized carbons (Fsp3) is 0.138. The molecule has 11 rings (SSSR count). The Balaban J connectivity index is 1.14. The summed E-state index contributed by atoms with van der Waals surface area (Å²) in [6, 6.07) is 82.9. The van der Waals surface area contributed by atoms with Crippen LogP contribution in [0.5, 0.6) is 0 Å². The Morgan fingerprint density at radius 1 is 0.400 bits per heavy atom. The Bertz CT molecular complexity index is 3320. The summed E-state index contributed by atoms with van der Waals surface area (Å²) >= 11 is 1.83. The van der Waals surface area contributed by atoms with Crippen LogP contribution in [0, 0.1) is 0 Å². The molecular weight excluding hydrogens is 866 g/mol. The van der Waals surface area contributed by atoms with Crippen molar-refractivity contribution >= 4 is 95.0 Å². The zero-order valence-corrected chi connectivity index (χ0v) is 41.7. The van der Waals surface area contributed by atoms with E-state index >= 15 is 0 Å². The van der Waals surface area contributed by atoms with E-state index in [0.29, 0.717) is 17.8 Å². The first kappa shape index (κ1) is 44.9. The van der Waals surface area contributed by atoms with Crippen LogP contribution in [0.3, 0.4) is 0 Å². The first-order valence-corrected chi connectivity index (χ1v) is 25.7. The second-order valence-electron chi connectivity index (χ2n) is 19.5. The van der Waals surface area contributed by atoms with Crippen LogP contribution in [0.25, 0.3) is 21.2 Å². The third-order valence-electron chi connectivity index (χ3n) is 14.0. The van der Waals surface area contributed by atoms with E-state index in [-0.39, 0.29) is 6.71 Å². The number of fused-ring (bicyclic) bond motifs is 3. The van der Waals surface area contributed by atoms with Gasteiger partial charge in [0.2, 0.25) is 6.71 Å². The Morgan fingerprint density at radius 2 is 0.857 bits per heavy atom. The van der Waals surface area contributed by atoms with E-state index in [1.165, 1.54) is 70.7 Å². The number of benzene rings is 9. The molecule has 0 unspecified atom stereocenters. The Labute approximate surface area is 419 Å². The lowest BCUT2D eigenvalue weighted by Crippen LogP contribution is -2.59. The van der Waals surface area contributed by atoms with Crippen LogP contribution < -0.4 is 31.1 Å². The van der Waals surface area contributed by atoms with E-state index < -0.39 is 0 Å². The van der Waals surface area contributed by atoms with Crippen molar-refractivity contribution in [1.29, 1.82) is 0 Å². The van der Waals surface area contributed by atoms with Gasteiger partial charge in [-0.15, -0.1) is 11.3 Å². The lowest BCUT2D eigenvalue weighted by atomic mass is 9.33. The molecule has 342 valence electrons. The number of nitrogens with zero attached hydrogens (tertiary/aromatic N) is 3. The fourth-order valence-electron chi connectivity index (χ4n) is 10.6. The normalized spacial score (nSPS) is 12.2. The standard InChI is InChI=1S/C65H58BN3S/c1-44(2)49-39-57(45(3)4)65(58(40-49)46(5)6)66-59-35-32-48(47-33-37-63-50(38-47)42-64(70-63)68(53-26-16-9-17-27-53)54-28-18-10-19-29-54)41-61(59)69(55-30-20-11-21-31-55)62-43-56(34-36-60(62)66)67(51-22-12-7-13-23-51)52-24-14-8-15-25-52/h7-46H,1-6H3. The van der Waals surface area contributed by atoms with Crippen molar-refractivity contribution in [2.75, 3.05) is 14.7 Å². The highest BCUT2D eigenvalue weighted by Gasteiger charge is 2.39. The minimum atomic E-state index is -0.00477. The molecule has 0 bridgehead atoms. The largest absolute Gasteiger partial charge is 0.311 e. The van der Waals surface area contributed by atoms with Gasteiger partial charge in [0.05, 0.1) is 0 Å². The first-order valence-electron chi connectivity index (χ1n) is 24.9. The SMILES string of the molecule is CC(C)c1cc(C(C)C)c(B2c3ccc(-c4ccc5sc(N(c6ccccc6)c6ccccc6)cc5c4)cc3N(c3ccccc3)c3cc(N(c4ccccc4)c4ccccc4)ccc32)c(C(C)C)c1. The molecule has 1 aliphatic rings. The van der Waals surface area contributed by atoms with Gasteiger partial charge < -0.3 is 14.7 Å². The highest BCUT2D eigenvalue weighted by molar-refractivity contribution is 7.23. The van der Waals surface area contributed by atoms with Gasteiger partial charge in [-0.2, -0.15) is 0 Å². The summed E-state index contributed by atoms with van der Waals surface area (Å²) in [6.45, 7) is 14.2. The summed E-state index contributed by atoms with van der Waals surface area (Å²) in [4.78, 5) is 7.30. The molecule has 1 aromatic heterocycles. The van der Waals surface area contributed by atoms with Gasteiger partial charge in [-0.25, -0.2) is 0 Å². The molecule has 70 heavy (non-hydrogen) atoms. The molecule has 1 aliphatic heterocycles. The molecule has 0 saturated carbocycles. The van der Waals surface area contributed by atoms with Crippen LogP contribution in [0.2, 0.25) is 0 Å². The molecule has 0 aliphatic carbocycles. The Morgan fingerprint density at radius 3 is 1.37 bits per heavy atom. The number of hydrogen-bond donors (Lipinski definition) is 0. The molecule has 3 nitrogen and oxygen atoms in total. The van der Waals surface area contributed by atoms with Crippen molar-refractivity contribution in [1.82, 2.24) is 0 Å². The van der Waals surface area contributed by atoms with Gasteiger partial charge in [0.25, 0.3) is 0 Å². The van der Waals surface area contributed by atoms with Crippen molar-refractivity contribution in [2.24, 2.45) is 0 Å². The maximum atomic E-state index is 2.54. The smallest absolute Gasteiger partial charge is 0.247 e. The Hall–Kier alpha value is -7.60. The quantitative estimate of drug-likeness (QED) is 0.113. The minimum absolute atomic E-state index is 0.00477. The van der Waals surface area contributed by atoms with Gasteiger partial charge in [0.1, 0.15) is 5.00 Å². The molecule has 0 atom stereocenters. The van der Waals surface area contributed by atoms with E-state index in [1.807, 2.05) is 11.3 Å². The fourth-order valence-corrected chi connectivity index (χ4v) is 11.6. The summed E-state index contributed by atoms with van der Waals surface area (Å²) in [5.74, 6) is 1.08. The summed E-state index contributed by atoms with van der Waals surface area (Å²) in [5.41, 5.74) is 19.9. The molecule has 0 spiro atoms. The molecule has 9 aromatic carbocycles. The average molecular weight is 924 g/mol.